The number of anilines is 1. The number of carbonyl (C=O) groups is 2. The van der Waals surface area contributed by atoms with Gasteiger partial charge in [0.1, 0.15) is 11.3 Å². The van der Waals surface area contributed by atoms with Crippen molar-refractivity contribution in [2.24, 2.45) is 0 Å². The van der Waals surface area contributed by atoms with Crippen LogP contribution in [0.1, 0.15) is 10.4 Å². The Balaban J connectivity index is 1.68. The zero-order valence-electron chi connectivity index (χ0n) is 13.3. The zero-order chi connectivity index (χ0) is 18.7. The van der Waals surface area contributed by atoms with Crippen LogP contribution in [0.15, 0.2) is 54.6 Å². The first kappa shape index (κ1) is 18.0. The lowest BCUT2D eigenvalue weighted by Crippen LogP contribution is -2.21. The van der Waals surface area contributed by atoms with Crippen molar-refractivity contribution >= 4 is 51.5 Å². The van der Waals surface area contributed by atoms with E-state index < -0.39 is 18.5 Å². The van der Waals surface area contributed by atoms with Gasteiger partial charge in [0.25, 0.3) is 5.91 Å². The summed E-state index contributed by atoms with van der Waals surface area (Å²) in [6.07, 6.45) is 0. The number of phenols is 1. The van der Waals surface area contributed by atoms with Crippen molar-refractivity contribution in [2.75, 3.05) is 11.9 Å². The van der Waals surface area contributed by atoms with Crippen LogP contribution in [0.5, 0.6) is 5.75 Å². The maximum atomic E-state index is 12.2. The summed E-state index contributed by atoms with van der Waals surface area (Å²) in [6.45, 7) is -0.534. The van der Waals surface area contributed by atoms with E-state index in [-0.39, 0.29) is 11.3 Å². The van der Waals surface area contributed by atoms with Gasteiger partial charge < -0.3 is 15.2 Å². The lowest BCUT2D eigenvalue weighted by molar-refractivity contribution is -0.119. The molecule has 5 nitrogen and oxygen atoms in total. The molecule has 0 radical (unpaired) electrons. The number of fused-ring (bicyclic) bond motifs is 1. The number of amides is 1. The molecule has 0 aromatic heterocycles. The van der Waals surface area contributed by atoms with Gasteiger partial charge in [-0.25, -0.2) is 4.79 Å². The predicted molar refractivity (Wildman–Crippen MR) is 101 cm³/mol. The van der Waals surface area contributed by atoms with Gasteiger partial charge in [-0.05, 0) is 41.1 Å². The van der Waals surface area contributed by atoms with Gasteiger partial charge >= 0.3 is 5.97 Å². The molecule has 0 fully saturated rings. The van der Waals surface area contributed by atoms with Crippen LogP contribution in [-0.2, 0) is 9.53 Å². The number of aromatic hydroxyl groups is 1. The number of rotatable bonds is 4. The van der Waals surface area contributed by atoms with Gasteiger partial charge in [0.2, 0.25) is 0 Å². The van der Waals surface area contributed by atoms with Gasteiger partial charge in [-0.1, -0.05) is 47.5 Å². The summed E-state index contributed by atoms with van der Waals surface area (Å²) in [5.41, 5.74) is 0.297. The maximum Gasteiger partial charge on any atom is 0.342 e. The molecule has 132 valence electrons. The SMILES string of the molecule is O=C(COC(=O)c1cc2ccccc2cc1O)Nc1cc(Cl)ccc1Cl. The molecule has 26 heavy (non-hydrogen) atoms. The van der Waals surface area contributed by atoms with Crippen LogP contribution in [0.2, 0.25) is 10.0 Å². The molecule has 0 bridgehead atoms. The Morgan fingerprint density at radius 2 is 1.69 bits per heavy atom. The van der Waals surface area contributed by atoms with Crippen LogP contribution in [0.4, 0.5) is 5.69 Å². The van der Waals surface area contributed by atoms with Crippen LogP contribution in [0, 0.1) is 0 Å². The molecule has 3 rings (SSSR count). The third-order valence-electron chi connectivity index (χ3n) is 3.62. The van der Waals surface area contributed by atoms with Crippen molar-refractivity contribution in [3.8, 4) is 5.75 Å². The smallest absolute Gasteiger partial charge is 0.342 e. The highest BCUT2D eigenvalue weighted by atomic mass is 35.5. The molecule has 2 N–H and O–H groups in total. The van der Waals surface area contributed by atoms with E-state index in [1.54, 1.807) is 18.2 Å². The summed E-state index contributed by atoms with van der Waals surface area (Å²) >= 11 is 11.8. The molecule has 0 aliphatic carbocycles. The van der Waals surface area contributed by atoms with Gasteiger partial charge in [-0.15, -0.1) is 0 Å². The molecule has 0 saturated heterocycles. The standard InChI is InChI=1S/C19H13Cl2NO4/c20-13-5-6-15(21)16(9-13)22-18(24)10-26-19(25)14-7-11-3-1-2-4-12(11)8-17(14)23/h1-9,23H,10H2,(H,22,24). The molecule has 0 aliphatic rings. The third-order valence-corrected chi connectivity index (χ3v) is 4.19. The number of nitrogens with one attached hydrogen (secondary N) is 1. The number of benzene rings is 3. The van der Waals surface area contributed by atoms with Gasteiger partial charge in [-0.2, -0.15) is 0 Å². The van der Waals surface area contributed by atoms with Crippen molar-refractivity contribution in [3.05, 3.63) is 70.2 Å². The number of hydrogen-bond acceptors (Lipinski definition) is 4. The number of phenolic OH excluding ortho intramolecular Hbond substituents is 1. The van der Waals surface area contributed by atoms with E-state index in [9.17, 15) is 14.7 Å². The minimum Gasteiger partial charge on any atom is -0.507 e. The fourth-order valence-corrected chi connectivity index (χ4v) is 2.72. The van der Waals surface area contributed by atoms with E-state index in [2.05, 4.69) is 5.32 Å². The molecule has 0 saturated carbocycles. The Morgan fingerprint density at radius 3 is 2.42 bits per heavy atom. The molecule has 3 aromatic carbocycles. The number of ether oxygens (including phenoxy) is 1. The average molecular weight is 390 g/mol. The first-order chi connectivity index (χ1) is 12.4. The fourth-order valence-electron chi connectivity index (χ4n) is 2.38. The summed E-state index contributed by atoms with van der Waals surface area (Å²) < 4.78 is 4.97. The van der Waals surface area contributed by atoms with Gasteiger partial charge in [-0.3, -0.25) is 4.79 Å². The molecule has 0 heterocycles. The first-order valence-electron chi connectivity index (χ1n) is 7.58. The van der Waals surface area contributed by atoms with E-state index >= 15 is 0 Å². The summed E-state index contributed by atoms with van der Waals surface area (Å²) in [5.74, 6) is -1.60. The van der Waals surface area contributed by atoms with Crippen molar-refractivity contribution in [1.29, 1.82) is 0 Å². The van der Waals surface area contributed by atoms with Gasteiger partial charge in [0.05, 0.1) is 10.7 Å². The van der Waals surface area contributed by atoms with E-state index in [4.69, 9.17) is 27.9 Å². The molecule has 1 amide bonds. The lowest BCUT2D eigenvalue weighted by Gasteiger charge is -2.10. The highest BCUT2D eigenvalue weighted by molar-refractivity contribution is 6.35. The van der Waals surface area contributed by atoms with Crippen molar-refractivity contribution in [1.82, 2.24) is 0 Å². The Hall–Kier alpha value is -2.76. The van der Waals surface area contributed by atoms with Crippen LogP contribution in [0.25, 0.3) is 10.8 Å². The molecule has 0 atom stereocenters. The topological polar surface area (TPSA) is 75.6 Å². The Kier molecular flexibility index (Phi) is 5.30. The number of halogens is 2. The molecular weight excluding hydrogens is 377 g/mol. The third kappa shape index (κ3) is 4.07. The van der Waals surface area contributed by atoms with E-state index in [0.29, 0.717) is 15.7 Å². The second kappa shape index (κ2) is 7.64. The van der Waals surface area contributed by atoms with E-state index in [0.717, 1.165) is 10.8 Å². The zero-order valence-corrected chi connectivity index (χ0v) is 14.8. The molecule has 3 aromatic rings. The van der Waals surface area contributed by atoms with Crippen LogP contribution >= 0.6 is 23.2 Å². The van der Waals surface area contributed by atoms with E-state index in [1.807, 2.05) is 18.2 Å². The van der Waals surface area contributed by atoms with Gasteiger partial charge in [0.15, 0.2) is 6.61 Å². The quantitative estimate of drug-likeness (QED) is 0.636. The molecule has 0 spiro atoms. The van der Waals surface area contributed by atoms with Gasteiger partial charge in [0, 0.05) is 5.02 Å². The van der Waals surface area contributed by atoms with Crippen LogP contribution < -0.4 is 5.32 Å². The van der Waals surface area contributed by atoms with Crippen LogP contribution in [-0.4, -0.2) is 23.6 Å². The molecule has 0 aliphatic heterocycles. The molecule has 7 heteroatoms. The summed E-state index contributed by atoms with van der Waals surface area (Å²) in [6, 6.07) is 14.9. The summed E-state index contributed by atoms with van der Waals surface area (Å²) in [4.78, 5) is 24.1. The second-order valence-electron chi connectivity index (χ2n) is 5.46. The summed E-state index contributed by atoms with van der Waals surface area (Å²) in [7, 11) is 0. The minimum atomic E-state index is -0.805. The Bertz CT molecular complexity index is 1000. The Morgan fingerprint density at radius 1 is 1.00 bits per heavy atom. The Labute approximate surface area is 159 Å². The normalized spacial score (nSPS) is 10.5. The lowest BCUT2D eigenvalue weighted by atomic mass is 10.1. The summed E-state index contributed by atoms with van der Waals surface area (Å²) in [5, 5.41) is 14.8. The maximum absolute atomic E-state index is 12.2. The highest BCUT2D eigenvalue weighted by Gasteiger charge is 2.16. The molecular formula is C19H13Cl2NO4. The predicted octanol–water partition coefficient (Wildman–Crippen LogP) is 4.65. The minimum absolute atomic E-state index is 0.0164. The highest BCUT2D eigenvalue weighted by Crippen LogP contribution is 2.26. The average Bonchev–Trinajstić information content (AvgIpc) is 2.62. The number of hydrogen-bond donors (Lipinski definition) is 2. The van der Waals surface area contributed by atoms with Crippen LogP contribution in [0.3, 0.4) is 0 Å². The monoisotopic (exact) mass is 389 g/mol. The van der Waals surface area contributed by atoms with Crippen molar-refractivity contribution in [2.45, 2.75) is 0 Å². The first-order valence-corrected chi connectivity index (χ1v) is 8.33. The van der Waals surface area contributed by atoms with E-state index in [1.165, 1.54) is 18.2 Å². The second-order valence-corrected chi connectivity index (χ2v) is 6.31. The fraction of sp³-hybridized carbons (Fsp3) is 0.0526. The van der Waals surface area contributed by atoms with Crippen molar-refractivity contribution in [3.63, 3.8) is 0 Å². The largest absolute Gasteiger partial charge is 0.507 e. The number of esters is 1. The van der Waals surface area contributed by atoms with Crippen molar-refractivity contribution < 1.29 is 19.4 Å². The molecule has 0 unspecified atom stereocenters. The number of carbonyl (C=O) groups excluding carboxylic acids is 2.